The van der Waals surface area contributed by atoms with Crippen LogP contribution < -0.4 is 0 Å². The molecule has 1 aromatic carbocycles. The molecule has 7 heteroatoms. The van der Waals surface area contributed by atoms with Gasteiger partial charge >= 0.3 is 6.18 Å². The summed E-state index contributed by atoms with van der Waals surface area (Å²) in [4.78, 5) is 17.8. The third kappa shape index (κ3) is 2.33. The Labute approximate surface area is 102 Å². The molecule has 90 valence electrons. The Balaban J connectivity index is 2.52. The van der Waals surface area contributed by atoms with Crippen LogP contribution in [0.2, 0.25) is 0 Å². The van der Waals surface area contributed by atoms with E-state index >= 15 is 0 Å². The van der Waals surface area contributed by atoms with Gasteiger partial charge in [-0.15, -0.1) is 0 Å². The molecule has 0 saturated heterocycles. The maximum atomic E-state index is 12.4. The average Bonchev–Trinajstić information content (AvgIpc) is 2.69. The minimum atomic E-state index is -4.40. The third-order valence-electron chi connectivity index (χ3n) is 2.19. The molecule has 0 aliphatic heterocycles. The number of halogens is 4. The summed E-state index contributed by atoms with van der Waals surface area (Å²) in [6.45, 7) is 0. The molecule has 3 nitrogen and oxygen atoms in total. The van der Waals surface area contributed by atoms with Crippen molar-refractivity contribution in [3.05, 3.63) is 29.6 Å². The van der Waals surface area contributed by atoms with Gasteiger partial charge in [0.2, 0.25) is 5.78 Å². The topological polar surface area (TPSA) is 45.8 Å². The van der Waals surface area contributed by atoms with Crippen molar-refractivity contribution in [2.75, 3.05) is 5.33 Å². The lowest BCUT2D eigenvalue weighted by atomic mass is 10.2. The lowest BCUT2D eigenvalue weighted by Crippen LogP contribution is -2.04. The summed E-state index contributed by atoms with van der Waals surface area (Å²) in [6, 6.07) is 3.11. The molecular weight excluding hydrogens is 301 g/mol. The standard InChI is InChI=1S/C10H6BrF3N2O/c11-4-8(17)9-15-6-2-1-5(10(12,13)14)3-7(6)16-9/h1-3H,4H2,(H,15,16). The van der Waals surface area contributed by atoms with Crippen molar-refractivity contribution >= 4 is 32.7 Å². The number of alkyl halides is 4. The van der Waals surface area contributed by atoms with Crippen molar-refractivity contribution in [2.45, 2.75) is 6.18 Å². The number of hydrogen-bond acceptors (Lipinski definition) is 2. The summed E-state index contributed by atoms with van der Waals surface area (Å²) in [7, 11) is 0. The van der Waals surface area contributed by atoms with Crippen molar-refractivity contribution < 1.29 is 18.0 Å². The van der Waals surface area contributed by atoms with E-state index in [-0.39, 0.29) is 22.5 Å². The van der Waals surface area contributed by atoms with Crippen molar-refractivity contribution in [2.24, 2.45) is 0 Å². The maximum absolute atomic E-state index is 12.4. The lowest BCUT2D eigenvalue weighted by Gasteiger charge is -2.05. The van der Waals surface area contributed by atoms with E-state index in [1.165, 1.54) is 6.07 Å². The van der Waals surface area contributed by atoms with Crippen molar-refractivity contribution in [3.63, 3.8) is 0 Å². The van der Waals surface area contributed by atoms with E-state index in [1.54, 1.807) is 0 Å². The summed E-state index contributed by atoms with van der Waals surface area (Å²) in [5.41, 5.74) is -0.238. The molecule has 1 aromatic heterocycles. The highest BCUT2D eigenvalue weighted by Crippen LogP contribution is 2.30. The molecule has 2 aromatic rings. The predicted molar refractivity (Wildman–Crippen MR) is 59.2 cm³/mol. The second kappa shape index (κ2) is 4.14. The van der Waals surface area contributed by atoms with Crippen LogP contribution in [0.4, 0.5) is 13.2 Å². The van der Waals surface area contributed by atoms with Gasteiger partial charge in [0.1, 0.15) is 0 Å². The molecule has 17 heavy (non-hydrogen) atoms. The van der Waals surface area contributed by atoms with Crippen LogP contribution in [0.3, 0.4) is 0 Å². The number of aromatic amines is 1. The number of nitrogens with zero attached hydrogens (tertiary/aromatic N) is 1. The van der Waals surface area contributed by atoms with Crippen molar-refractivity contribution in [1.82, 2.24) is 9.97 Å². The molecule has 0 fully saturated rings. The highest BCUT2D eigenvalue weighted by molar-refractivity contribution is 9.09. The average molecular weight is 307 g/mol. The summed E-state index contributed by atoms with van der Waals surface area (Å²) in [5, 5.41) is 0.0684. The molecule has 0 atom stereocenters. The number of rotatable bonds is 2. The van der Waals surface area contributed by atoms with Gasteiger partial charge in [-0.2, -0.15) is 13.2 Å². The van der Waals surface area contributed by atoms with E-state index in [0.29, 0.717) is 5.52 Å². The van der Waals surface area contributed by atoms with E-state index in [1.807, 2.05) is 0 Å². The van der Waals surface area contributed by atoms with Crippen LogP contribution >= 0.6 is 15.9 Å². The number of hydrogen-bond donors (Lipinski definition) is 1. The van der Waals surface area contributed by atoms with Crippen molar-refractivity contribution in [3.8, 4) is 0 Å². The minimum absolute atomic E-state index is 0.0520. The van der Waals surface area contributed by atoms with Crippen LogP contribution in [0.5, 0.6) is 0 Å². The van der Waals surface area contributed by atoms with Gasteiger partial charge in [-0.3, -0.25) is 4.79 Å². The van der Waals surface area contributed by atoms with E-state index < -0.39 is 11.7 Å². The second-order valence-corrected chi connectivity index (χ2v) is 3.93. The monoisotopic (exact) mass is 306 g/mol. The highest BCUT2D eigenvalue weighted by atomic mass is 79.9. The molecular formula is C10H6BrF3N2O. The van der Waals surface area contributed by atoms with Crippen LogP contribution in [0.25, 0.3) is 11.0 Å². The fourth-order valence-electron chi connectivity index (χ4n) is 1.38. The van der Waals surface area contributed by atoms with Crippen LogP contribution in [-0.2, 0) is 6.18 Å². The van der Waals surface area contributed by atoms with E-state index in [0.717, 1.165) is 12.1 Å². The third-order valence-corrected chi connectivity index (χ3v) is 2.70. The highest BCUT2D eigenvalue weighted by Gasteiger charge is 2.30. The van der Waals surface area contributed by atoms with Gasteiger partial charge in [-0.25, -0.2) is 4.98 Å². The Kier molecular flexibility index (Phi) is 2.94. The van der Waals surface area contributed by atoms with Gasteiger partial charge in [0, 0.05) is 0 Å². The smallest absolute Gasteiger partial charge is 0.335 e. The van der Waals surface area contributed by atoms with Gasteiger partial charge in [-0.1, -0.05) is 15.9 Å². The molecule has 0 bridgehead atoms. The first-order valence-corrected chi connectivity index (χ1v) is 5.70. The second-order valence-electron chi connectivity index (χ2n) is 3.37. The number of H-pyrrole nitrogens is 1. The Morgan fingerprint density at radius 1 is 1.41 bits per heavy atom. The first-order valence-electron chi connectivity index (χ1n) is 4.58. The number of imidazole rings is 1. The van der Waals surface area contributed by atoms with Crippen LogP contribution in [0.15, 0.2) is 18.2 Å². The van der Waals surface area contributed by atoms with Crippen molar-refractivity contribution in [1.29, 1.82) is 0 Å². The molecule has 0 aliphatic carbocycles. The molecule has 0 unspecified atom stereocenters. The Morgan fingerprint density at radius 2 is 2.12 bits per heavy atom. The number of Topliss-reactive ketones (excluding diaryl/α,β-unsaturated/α-hetero) is 1. The number of carbonyl (C=O) groups is 1. The minimum Gasteiger partial charge on any atom is -0.335 e. The maximum Gasteiger partial charge on any atom is 0.416 e. The fraction of sp³-hybridized carbons (Fsp3) is 0.200. The van der Waals surface area contributed by atoms with E-state index in [4.69, 9.17) is 0 Å². The summed E-state index contributed by atoms with van der Waals surface area (Å²) in [6.07, 6.45) is -4.40. The summed E-state index contributed by atoms with van der Waals surface area (Å²) >= 11 is 2.97. The van der Waals surface area contributed by atoms with Gasteiger partial charge in [0.25, 0.3) is 0 Å². The largest absolute Gasteiger partial charge is 0.416 e. The first-order chi connectivity index (χ1) is 7.91. The SMILES string of the molecule is O=C(CBr)c1nc2ccc(C(F)(F)F)cc2[nH]1. The normalized spacial score (nSPS) is 12.0. The quantitative estimate of drug-likeness (QED) is 0.684. The van der Waals surface area contributed by atoms with Gasteiger partial charge in [0.15, 0.2) is 5.82 Å². The summed E-state index contributed by atoms with van der Waals surface area (Å²) in [5.74, 6) is -0.258. The molecule has 1 heterocycles. The molecule has 2 rings (SSSR count). The Hall–Kier alpha value is -1.37. The van der Waals surface area contributed by atoms with Crippen LogP contribution in [-0.4, -0.2) is 21.1 Å². The van der Waals surface area contributed by atoms with Crippen LogP contribution in [0, 0.1) is 0 Å². The molecule has 0 saturated carbocycles. The van der Waals surface area contributed by atoms with E-state index in [9.17, 15) is 18.0 Å². The zero-order valence-corrected chi connectivity index (χ0v) is 9.89. The van der Waals surface area contributed by atoms with Crippen LogP contribution in [0.1, 0.15) is 16.2 Å². The number of fused-ring (bicyclic) bond motifs is 1. The first kappa shape index (κ1) is 12.1. The van der Waals surface area contributed by atoms with Gasteiger partial charge in [0.05, 0.1) is 21.9 Å². The molecule has 0 aliphatic rings. The zero-order valence-electron chi connectivity index (χ0n) is 8.31. The Morgan fingerprint density at radius 3 is 2.71 bits per heavy atom. The van der Waals surface area contributed by atoms with E-state index in [2.05, 4.69) is 25.9 Å². The fourth-order valence-corrected chi connectivity index (χ4v) is 1.65. The number of aromatic nitrogens is 2. The molecule has 0 amide bonds. The predicted octanol–water partition coefficient (Wildman–Crippen LogP) is 3.16. The van der Waals surface area contributed by atoms with Gasteiger partial charge < -0.3 is 4.98 Å². The molecule has 0 spiro atoms. The summed E-state index contributed by atoms with van der Waals surface area (Å²) < 4.78 is 37.3. The Bertz CT molecular complexity index is 576. The zero-order chi connectivity index (χ0) is 12.6. The molecule has 1 N–H and O–H groups in total. The molecule has 0 radical (unpaired) electrons. The number of nitrogens with one attached hydrogen (secondary N) is 1. The number of ketones is 1. The lowest BCUT2D eigenvalue weighted by molar-refractivity contribution is -0.137. The number of benzene rings is 1. The number of carbonyl (C=O) groups excluding carboxylic acids is 1. The van der Waals surface area contributed by atoms with Gasteiger partial charge in [-0.05, 0) is 18.2 Å².